The van der Waals surface area contributed by atoms with Crippen LogP contribution in [0.25, 0.3) is 33.7 Å². The van der Waals surface area contributed by atoms with E-state index in [1.807, 2.05) is 61.5 Å². The molecule has 2 N–H and O–H groups in total. The summed E-state index contributed by atoms with van der Waals surface area (Å²) in [6.07, 6.45) is 1.67. The van der Waals surface area contributed by atoms with E-state index in [0.29, 0.717) is 28.4 Å². The van der Waals surface area contributed by atoms with Crippen molar-refractivity contribution in [1.82, 2.24) is 15.3 Å². The molecule has 8 heteroatoms. The monoisotopic (exact) mass is 428 g/mol. The lowest BCUT2D eigenvalue weighted by molar-refractivity contribution is 0.0952. The number of fused-ring (bicyclic) bond motifs is 2. The number of hydrogen-bond donors (Lipinski definition) is 2. The number of hydrogen-bond acceptors (Lipinski definition) is 6. The molecular formula is C23H16N4O3S. The summed E-state index contributed by atoms with van der Waals surface area (Å²) in [7, 11) is 0. The van der Waals surface area contributed by atoms with Crippen LogP contribution in [0.5, 0.6) is 0 Å². The number of rotatable bonds is 3. The molecule has 3 aromatic heterocycles. The normalized spacial score (nSPS) is 11.0. The maximum absolute atomic E-state index is 12.6. The van der Waals surface area contributed by atoms with Crippen LogP contribution in [0.3, 0.4) is 0 Å². The zero-order valence-electron chi connectivity index (χ0n) is 16.4. The summed E-state index contributed by atoms with van der Waals surface area (Å²) in [6, 6.07) is 18.5. The van der Waals surface area contributed by atoms with E-state index < -0.39 is 5.91 Å². The summed E-state index contributed by atoms with van der Waals surface area (Å²) in [5.74, 6) is 0.323. The number of carbonyl (C=O) groups excluding carboxylic acids is 1. The highest BCUT2D eigenvalue weighted by atomic mass is 32.1. The molecule has 2 aromatic carbocycles. The van der Waals surface area contributed by atoms with Gasteiger partial charge in [-0.3, -0.25) is 10.1 Å². The summed E-state index contributed by atoms with van der Waals surface area (Å²) in [6.45, 7) is 1.84. The quantitative estimate of drug-likeness (QED) is 0.388. The molecule has 1 amide bonds. The Morgan fingerprint density at radius 3 is 2.52 bits per heavy atom. The molecule has 0 radical (unpaired) electrons. The highest BCUT2D eigenvalue weighted by molar-refractivity contribution is 7.80. The smallest absolute Gasteiger partial charge is 0.293 e. The van der Waals surface area contributed by atoms with Gasteiger partial charge >= 0.3 is 0 Å². The first-order valence-electron chi connectivity index (χ1n) is 9.51. The van der Waals surface area contributed by atoms with Gasteiger partial charge in [0.25, 0.3) is 5.91 Å². The SMILES string of the molecule is Cc1c(C(=O)NC(=S)Nc2ccc(-c3nc4ncccc4o3)cc2)oc2ccccc12. The van der Waals surface area contributed by atoms with E-state index in [9.17, 15) is 4.79 Å². The molecule has 0 unspecified atom stereocenters. The minimum absolute atomic E-state index is 0.170. The van der Waals surface area contributed by atoms with E-state index in [1.54, 1.807) is 12.3 Å². The van der Waals surface area contributed by atoms with Crippen molar-refractivity contribution < 1.29 is 13.6 Å². The summed E-state index contributed by atoms with van der Waals surface area (Å²) in [5, 5.41) is 6.72. The molecule has 0 saturated carbocycles. The van der Waals surface area contributed by atoms with Crippen LogP contribution in [0, 0.1) is 6.92 Å². The van der Waals surface area contributed by atoms with E-state index >= 15 is 0 Å². The van der Waals surface area contributed by atoms with Gasteiger partial charge in [-0.25, -0.2) is 4.98 Å². The van der Waals surface area contributed by atoms with E-state index in [-0.39, 0.29) is 10.9 Å². The van der Waals surface area contributed by atoms with E-state index in [2.05, 4.69) is 20.6 Å². The maximum Gasteiger partial charge on any atom is 0.293 e. The summed E-state index contributed by atoms with van der Waals surface area (Å²) in [4.78, 5) is 21.2. The van der Waals surface area contributed by atoms with Crippen molar-refractivity contribution in [2.75, 3.05) is 5.32 Å². The number of pyridine rings is 1. The van der Waals surface area contributed by atoms with Gasteiger partial charge in [0.15, 0.2) is 22.1 Å². The van der Waals surface area contributed by atoms with Crippen molar-refractivity contribution >= 4 is 51.1 Å². The fourth-order valence-corrected chi connectivity index (χ4v) is 3.51. The van der Waals surface area contributed by atoms with Crippen LogP contribution in [-0.4, -0.2) is 21.0 Å². The first kappa shape index (κ1) is 19.0. The highest BCUT2D eigenvalue weighted by Crippen LogP contribution is 2.26. The zero-order chi connectivity index (χ0) is 21.4. The van der Waals surface area contributed by atoms with Gasteiger partial charge in [-0.1, -0.05) is 18.2 Å². The number of para-hydroxylation sites is 1. The van der Waals surface area contributed by atoms with Gasteiger partial charge in [-0.15, -0.1) is 0 Å². The van der Waals surface area contributed by atoms with Gasteiger partial charge < -0.3 is 14.2 Å². The van der Waals surface area contributed by atoms with Crippen LogP contribution in [0.15, 0.2) is 75.7 Å². The number of aromatic nitrogens is 2. The van der Waals surface area contributed by atoms with Crippen molar-refractivity contribution in [1.29, 1.82) is 0 Å². The number of carbonyl (C=O) groups is 1. The Balaban J connectivity index is 1.27. The molecule has 0 fully saturated rings. The Morgan fingerprint density at radius 1 is 0.968 bits per heavy atom. The molecule has 5 rings (SSSR count). The van der Waals surface area contributed by atoms with Crippen molar-refractivity contribution in [2.45, 2.75) is 6.92 Å². The number of aryl methyl sites for hydroxylation is 1. The summed E-state index contributed by atoms with van der Waals surface area (Å²) in [5.41, 5.74) is 4.14. The van der Waals surface area contributed by atoms with Crippen molar-refractivity contribution in [2.24, 2.45) is 0 Å². The Morgan fingerprint density at radius 2 is 1.74 bits per heavy atom. The van der Waals surface area contributed by atoms with Crippen LogP contribution >= 0.6 is 12.2 Å². The molecule has 0 aliphatic heterocycles. The third kappa shape index (κ3) is 3.64. The Kier molecular flexibility index (Phi) is 4.68. The molecule has 0 bridgehead atoms. The van der Waals surface area contributed by atoms with Gasteiger partial charge in [-0.2, -0.15) is 4.98 Å². The van der Waals surface area contributed by atoms with E-state index in [1.165, 1.54) is 0 Å². The summed E-state index contributed by atoms with van der Waals surface area (Å²) >= 11 is 5.28. The molecule has 31 heavy (non-hydrogen) atoms. The topological polar surface area (TPSA) is 93.2 Å². The molecule has 152 valence electrons. The molecule has 0 spiro atoms. The largest absolute Gasteiger partial charge is 0.451 e. The molecule has 0 atom stereocenters. The predicted octanol–water partition coefficient (Wildman–Crippen LogP) is 5.07. The standard InChI is InChI=1S/C23H16N4O3S/c1-13-16-5-2-3-6-17(16)29-19(13)21(28)27-23(31)25-15-10-8-14(9-11-15)22-26-20-18(30-22)7-4-12-24-20/h2-12H,1H3,(H2,25,27,28,31). The first-order valence-corrected chi connectivity index (χ1v) is 9.92. The molecule has 0 aliphatic rings. The molecular weight excluding hydrogens is 412 g/mol. The first-order chi connectivity index (χ1) is 15.1. The number of furan rings is 1. The van der Waals surface area contributed by atoms with Crippen LogP contribution in [0.4, 0.5) is 5.69 Å². The summed E-state index contributed by atoms with van der Waals surface area (Å²) < 4.78 is 11.4. The molecule has 7 nitrogen and oxygen atoms in total. The van der Waals surface area contributed by atoms with Crippen molar-refractivity contribution in [3.63, 3.8) is 0 Å². The van der Waals surface area contributed by atoms with Crippen LogP contribution < -0.4 is 10.6 Å². The van der Waals surface area contributed by atoms with Crippen molar-refractivity contribution in [3.8, 4) is 11.5 Å². The number of anilines is 1. The van der Waals surface area contributed by atoms with Gasteiger partial charge in [0.2, 0.25) is 5.89 Å². The van der Waals surface area contributed by atoms with E-state index in [0.717, 1.165) is 16.5 Å². The molecule has 0 saturated heterocycles. The molecule has 0 aliphatic carbocycles. The molecule has 5 aromatic rings. The lowest BCUT2D eigenvalue weighted by Gasteiger charge is -2.09. The average Bonchev–Trinajstić information content (AvgIpc) is 3.36. The third-order valence-electron chi connectivity index (χ3n) is 4.83. The van der Waals surface area contributed by atoms with Gasteiger partial charge in [0, 0.05) is 28.4 Å². The highest BCUT2D eigenvalue weighted by Gasteiger charge is 2.18. The van der Waals surface area contributed by atoms with Crippen LogP contribution in [0.1, 0.15) is 16.1 Å². The fourth-order valence-electron chi connectivity index (χ4n) is 3.30. The lowest BCUT2D eigenvalue weighted by Crippen LogP contribution is -2.34. The number of nitrogens with zero attached hydrogens (tertiary/aromatic N) is 2. The number of benzene rings is 2. The van der Waals surface area contributed by atoms with Crippen molar-refractivity contribution in [3.05, 3.63) is 78.2 Å². The number of oxazole rings is 1. The second-order valence-corrected chi connectivity index (χ2v) is 7.29. The van der Waals surface area contributed by atoms with E-state index in [4.69, 9.17) is 21.1 Å². The fraction of sp³-hybridized carbons (Fsp3) is 0.0435. The van der Waals surface area contributed by atoms with Crippen LogP contribution in [-0.2, 0) is 0 Å². The number of amides is 1. The van der Waals surface area contributed by atoms with Gasteiger partial charge in [-0.05, 0) is 61.6 Å². The average molecular weight is 428 g/mol. The Labute approximate surface area is 182 Å². The minimum Gasteiger partial charge on any atom is -0.451 e. The number of thiocarbonyl (C=S) groups is 1. The third-order valence-corrected chi connectivity index (χ3v) is 5.04. The molecule has 3 heterocycles. The second kappa shape index (κ2) is 7.66. The second-order valence-electron chi connectivity index (χ2n) is 6.88. The predicted molar refractivity (Wildman–Crippen MR) is 122 cm³/mol. The van der Waals surface area contributed by atoms with Gasteiger partial charge in [0.05, 0.1) is 0 Å². The maximum atomic E-state index is 12.6. The van der Waals surface area contributed by atoms with Crippen LogP contribution in [0.2, 0.25) is 0 Å². The zero-order valence-corrected chi connectivity index (χ0v) is 17.2. The van der Waals surface area contributed by atoms with Gasteiger partial charge in [0.1, 0.15) is 5.58 Å². The Hall–Kier alpha value is -4.04. The lowest BCUT2D eigenvalue weighted by atomic mass is 10.1. The minimum atomic E-state index is -0.401. The Bertz CT molecular complexity index is 1400. The number of nitrogens with one attached hydrogen (secondary N) is 2.